The van der Waals surface area contributed by atoms with Crippen molar-refractivity contribution in [3.05, 3.63) is 46.4 Å². The zero-order chi connectivity index (χ0) is 15.2. The number of rotatable bonds is 6. The summed E-state index contributed by atoms with van der Waals surface area (Å²) >= 11 is 1.56. The molecule has 0 spiro atoms. The van der Waals surface area contributed by atoms with Crippen molar-refractivity contribution in [3.8, 4) is 5.75 Å². The van der Waals surface area contributed by atoms with Crippen molar-refractivity contribution in [2.45, 2.75) is 40.0 Å². The first-order valence-electron chi connectivity index (χ1n) is 6.94. The molecule has 112 valence electrons. The zero-order valence-electron chi connectivity index (χ0n) is 12.6. The molecule has 0 aliphatic heterocycles. The molecule has 1 amide bonds. The van der Waals surface area contributed by atoms with Crippen LogP contribution in [0.2, 0.25) is 0 Å². The summed E-state index contributed by atoms with van der Waals surface area (Å²) < 4.78 is 5.67. The smallest absolute Gasteiger partial charge is 0.220 e. The molecule has 0 aliphatic carbocycles. The largest absolute Gasteiger partial charge is 0.486 e. The van der Waals surface area contributed by atoms with E-state index >= 15 is 0 Å². The number of hydrogen-bond acceptors (Lipinski definition) is 4. The van der Waals surface area contributed by atoms with Crippen molar-refractivity contribution < 1.29 is 9.53 Å². The van der Waals surface area contributed by atoms with Crippen LogP contribution in [0.25, 0.3) is 0 Å². The van der Waals surface area contributed by atoms with Crippen LogP contribution in [0.5, 0.6) is 5.75 Å². The van der Waals surface area contributed by atoms with Gasteiger partial charge in [-0.15, -0.1) is 11.3 Å². The number of ether oxygens (including phenoxy) is 1. The number of nitrogens with zero attached hydrogens (tertiary/aromatic N) is 2. The summed E-state index contributed by atoms with van der Waals surface area (Å²) in [6, 6.07) is 9.85. The maximum atomic E-state index is 11.6. The molecule has 4 nitrogen and oxygen atoms in total. The number of para-hydroxylation sites is 1. The van der Waals surface area contributed by atoms with Gasteiger partial charge in [-0.2, -0.15) is 0 Å². The van der Waals surface area contributed by atoms with Gasteiger partial charge >= 0.3 is 0 Å². The lowest BCUT2D eigenvalue weighted by molar-refractivity contribution is -0.131. The van der Waals surface area contributed by atoms with E-state index in [4.69, 9.17) is 4.74 Å². The molecule has 1 aromatic heterocycles. The van der Waals surface area contributed by atoms with Crippen molar-refractivity contribution in [2.24, 2.45) is 0 Å². The Labute approximate surface area is 129 Å². The summed E-state index contributed by atoms with van der Waals surface area (Å²) in [5, 5.41) is 2.91. The van der Waals surface area contributed by atoms with E-state index in [0.29, 0.717) is 13.2 Å². The van der Waals surface area contributed by atoms with Crippen molar-refractivity contribution >= 4 is 17.2 Å². The Morgan fingerprint density at radius 2 is 2.05 bits per heavy atom. The van der Waals surface area contributed by atoms with Gasteiger partial charge in [-0.3, -0.25) is 4.79 Å². The Morgan fingerprint density at radius 1 is 1.33 bits per heavy atom. The van der Waals surface area contributed by atoms with Gasteiger partial charge in [0.2, 0.25) is 5.91 Å². The minimum Gasteiger partial charge on any atom is -0.486 e. The molecule has 5 heteroatoms. The molecule has 0 bridgehead atoms. The number of carbonyl (C=O) groups excluding carboxylic acids is 1. The van der Waals surface area contributed by atoms with Gasteiger partial charge in [-0.05, 0) is 26.0 Å². The van der Waals surface area contributed by atoms with Crippen LogP contribution >= 0.6 is 11.3 Å². The third-order valence-electron chi connectivity index (χ3n) is 3.06. The maximum Gasteiger partial charge on any atom is 0.220 e. The number of carbonyl (C=O) groups is 1. The molecule has 1 aromatic carbocycles. The SMILES string of the molecule is CC(=O)N(Cc1csc(COc2ccccc2)n1)C(C)C. The lowest BCUT2D eigenvalue weighted by Gasteiger charge is -2.24. The standard InChI is InChI=1S/C16H20N2O2S/c1-12(2)18(13(3)19)9-14-11-21-16(17-14)10-20-15-7-5-4-6-8-15/h4-8,11-12H,9-10H2,1-3H3. The Balaban J connectivity index is 1.93. The van der Waals surface area contributed by atoms with Gasteiger partial charge < -0.3 is 9.64 Å². The van der Waals surface area contributed by atoms with Crippen LogP contribution in [0.1, 0.15) is 31.5 Å². The van der Waals surface area contributed by atoms with Crippen molar-refractivity contribution in [3.63, 3.8) is 0 Å². The maximum absolute atomic E-state index is 11.6. The Kier molecular flexibility index (Phi) is 5.33. The van der Waals surface area contributed by atoms with E-state index < -0.39 is 0 Å². The Morgan fingerprint density at radius 3 is 2.67 bits per heavy atom. The summed E-state index contributed by atoms with van der Waals surface area (Å²) in [5.41, 5.74) is 0.913. The predicted molar refractivity (Wildman–Crippen MR) is 84.2 cm³/mol. The average Bonchev–Trinajstić information content (AvgIpc) is 2.91. The van der Waals surface area contributed by atoms with Gasteiger partial charge in [0.05, 0.1) is 12.2 Å². The van der Waals surface area contributed by atoms with Crippen molar-refractivity contribution in [2.75, 3.05) is 0 Å². The summed E-state index contributed by atoms with van der Waals surface area (Å²) in [5.74, 6) is 0.905. The van der Waals surface area contributed by atoms with E-state index in [1.807, 2.05) is 49.6 Å². The average molecular weight is 304 g/mol. The molecule has 0 aliphatic rings. The van der Waals surface area contributed by atoms with Crippen LogP contribution in [0, 0.1) is 0 Å². The Bertz CT molecular complexity index is 581. The molecule has 2 rings (SSSR count). The summed E-state index contributed by atoms with van der Waals surface area (Å²) in [6.07, 6.45) is 0. The molecule has 0 saturated heterocycles. The molecule has 21 heavy (non-hydrogen) atoms. The highest BCUT2D eigenvalue weighted by molar-refractivity contribution is 7.09. The highest BCUT2D eigenvalue weighted by atomic mass is 32.1. The summed E-state index contributed by atoms with van der Waals surface area (Å²) in [6.45, 7) is 6.61. The number of thiazole rings is 1. The van der Waals surface area contributed by atoms with E-state index in [-0.39, 0.29) is 11.9 Å². The fourth-order valence-electron chi connectivity index (χ4n) is 1.98. The van der Waals surface area contributed by atoms with Gasteiger partial charge in [0.25, 0.3) is 0 Å². The molecule has 2 aromatic rings. The fraction of sp³-hybridized carbons (Fsp3) is 0.375. The minimum atomic E-state index is 0.0695. The molecular weight excluding hydrogens is 284 g/mol. The van der Waals surface area contributed by atoms with E-state index in [9.17, 15) is 4.79 Å². The predicted octanol–water partition coefficient (Wildman–Crippen LogP) is 3.48. The van der Waals surface area contributed by atoms with Crippen LogP contribution in [-0.4, -0.2) is 21.8 Å². The molecule has 1 heterocycles. The van der Waals surface area contributed by atoms with Crippen molar-refractivity contribution in [1.29, 1.82) is 0 Å². The second-order valence-corrected chi connectivity index (χ2v) is 6.02. The van der Waals surface area contributed by atoms with E-state index in [1.54, 1.807) is 23.2 Å². The molecule has 0 N–H and O–H groups in total. The van der Waals surface area contributed by atoms with Gasteiger partial charge in [-0.1, -0.05) is 18.2 Å². The first-order chi connectivity index (χ1) is 10.1. The van der Waals surface area contributed by atoms with Gasteiger partial charge in [0.1, 0.15) is 17.4 Å². The Hall–Kier alpha value is -1.88. The highest BCUT2D eigenvalue weighted by Crippen LogP contribution is 2.16. The van der Waals surface area contributed by atoms with Crippen LogP contribution in [0.15, 0.2) is 35.7 Å². The number of benzene rings is 1. The van der Waals surface area contributed by atoms with Crippen LogP contribution in [0.3, 0.4) is 0 Å². The minimum absolute atomic E-state index is 0.0695. The molecule has 0 saturated carbocycles. The van der Waals surface area contributed by atoms with E-state index in [0.717, 1.165) is 16.5 Å². The first kappa shape index (κ1) is 15.5. The number of hydrogen-bond donors (Lipinski definition) is 0. The zero-order valence-corrected chi connectivity index (χ0v) is 13.4. The third kappa shape index (κ3) is 4.56. The second kappa shape index (κ2) is 7.22. The van der Waals surface area contributed by atoms with E-state index in [1.165, 1.54) is 0 Å². The van der Waals surface area contributed by atoms with E-state index in [2.05, 4.69) is 4.98 Å². The number of amides is 1. The molecule has 0 unspecified atom stereocenters. The first-order valence-corrected chi connectivity index (χ1v) is 7.82. The lowest BCUT2D eigenvalue weighted by Crippen LogP contribution is -2.34. The van der Waals surface area contributed by atoms with Crippen LogP contribution in [0.4, 0.5) is 0 Å². The van der Waals surface area contributed by atoms with Gasteiger partial charge in [-0.25, -0.2) is 4.98 Å². The monoisotopic (exact) mass is 304 g/mol. The summed E-state index contributed by atoms with van der Waals surface area (Å²) in [7, 11) is 0. The number of aromatic nitrogens is 1. The fourth-order valence-corrected chi connectivity index (χ4v) is 2.68. The van der Waals surface area contributed by atoms with Gasteiger partial charge in [0, 0.05) is 18.3 Å². The van der Waals surface area contributed by atoms with Crippen LogP contribution in [-0.2, 0) is 17.9 Å². The summed E-state index contributed by atoms with van der Waals surface area (Å²) in [4.78, 5) is 17.9. The second-order valence-electron chi connectivity index (χ2n) is 5.07. The quantitative estimate of drug-likeness (QED) is 0.820. The van der Waals surface area contributed by atoms with Crippen LogP contribution < -0.4 is 4.74 Å². The highest BCUT2D eigenvalue weighted by Gasteiger charge is 2.15. The van der Waals surface area contributed by atoms with Gasteiger partial charge in [0.15, 0.2) is 0 Å². The lowest BCUT2D eigenvalue weighted by atomic mass is 10.3. The molecular formula is C16H20N2O2S. The van der Waals surface area contributed by atoms with Crippen molar-refractivity contribution in [1.82, 2.24) is 9.88 Å². The molecule has 0 atom stereocenters. The third-order valence-corrected chi connectivity index (χ3v) is 3.94. The molecule has 0 radical (unpaired) electrons. The molecule has 0 fully saturated rings. The topological polar surface area (TPSA) is 42.4 Å². The normalized spacial score (nSPS) is 10.7.